The molecular formula is C25H41NO8. The van der Waals surface area contributed by atoms with Gasteiger partial charge in [-0.1, -0.05) is 26.7 Å². The van der Waals surface area contributed by atoms with Crippen molar-refractivity contribution in [1.29, 1.82) is 0 Å². The van der Waals surface area contributed by atoms with Crippen LogP contribution in [0, 0.1) is 12.3 Å². The SMILES string of the molecule is C#CCN(C)CCCCOC1OCC(OC(=O)CCC)C(OC(=O)CCC)C1OC(=O)CCC. The van der Waals surface area contributed by atoms with Gasteiger partial charge in [0.2, 0.25) is 0 Å². The summed E-state index contributed by atoms with van der Waals surface area (Å²) in [5.74, 6) is 1.25. The normalized spacial score (nSPS) is 22.1. The summed E-state index contributed by atoms with van der Waals surface area (Å²) < 4.78 is 28.5. The van der Waals surface area contributed by atoms with Crippen molar-refractivity contribution in [3.05, 3.63) is 0 Å². The number of rotatable bonds is 16. The Morgan fingerprint density at radius 1 is 0.912 bits per heavy atom. The highest BCUT2D eigenvalue weighted by atomic mass is 16.7. The summed E-state index contributed by atoms with van der Waals surface area (Å²) >= 11 is 0. The molecule has 4 unspecified atom stereocenters. The van der Waals surface area contributed by atoms with Gasteiger partial charge in [-0.2, -0.15) is 0 Å². The van der Waals surface area contributed by atoms with Crippen LogP contribution in [0.1, 0.15) is 72.1 Å². The molecule has 0 aromatic heterocycles. The van der Waals surface area contributed by atoms with E-state index in [9.17, 15) is 14.4 Å². The molecule has 0 aliphatic carbocycles. The van der Waals surface area contributed by atoms with Crippen molar-refractivity contribution in [2.24, 2.45) is 0 Å². The smallest absolute Gasteiger partial charge is 0.306 e. The fourth-order valence-corrected chi connectivity index (χ4v) is 3.44. The third kappa shape index (κ3) is 11.3. The van der Waals surface area contributed by atoms with Gasteiger partial charge in [0.1, 0.15) is 0 Å². The van der Waals surface area contributed by atoms with E-state index in [-0.39, 0.29) is 25.9 Å². The van der Waals surface area contributed by atoms with Crippen molar-refractivity contribution >= 4 is 17.9 Å². The molecule has 0 aromatic carbocycles. The number of esters is 3. The number of ether oxygens (including phenoxy) is 5. The first-order valence-corrected chi connectivity index (χ1v) is 12.3. The van der Waals surface area contributed by atoms with Crippen LogP contribution in [-0.4, -0.2) is 80.8 Å². The molecule has 0 spiro atoms. The lowest BCUT2D eigenvalue weighted by atomic mass is 10.0. The third-order valence-electron chi connectivity index (χ3n) is 5.14. The van der Waals surface area contributed by atoms with Gasteiger partial charge in [0.15, 0.2) is 24.6 Å². The molecule has 34 heavy (non-hydrogen) atoms. The summed E-state index contributed by atoms with van der Waals surface area (Å²) in [5.41, 5.74) is 0. The van der Waals surface area contributed by atoms with E-state index in [0.717, 1.165) is 19.4 Å². The predicted octanol–water partition coefficient (Wildman–Crippen LogP) is 2.84. The maximum Gasteiger partial charge on any atom is 0.306 e. The van der Waals surface area contributed by atoms with Crippen LogP contribution >= 0.6 is 0 Å². The zero-order valence-corrected chi connectivity index (χ0v) is 21.1. The van der Waals surface area contributed by atoms with E-state index < -0.39 is 42.5 Å². The lowest BCUT2D eigenvalue weighted by Crippen LogP contribution is -2.58. The average Bonchev–Trinajstić information content (AvgIpc) is 2.77. The Morgan fingerprint density at radius 2 is 1.47 bits per heavy atom. The number of nitrogens with zero attached hydrogens (tertiary/aromatic N) is 1. The molecule has 194 valence electrons. The van der Waals surface area contributed by atoms with Gasteiger partial charge < -0.3 is 23.7 Å². The first-order chi connectivity index (χ1) is 16.4. The van der Waals surface area contributed by atoms with Crippen LogP contribution in [-0.2, 0) is 38.1 Å². The summed E-state index contributed by atoms with van der Waals surface area (Å²) in [6, 6.07) is 0. The monoisotopic (exact) mass is 483 g/mol. The zero-order chi connectivity index (χ0) is 25.3. The highest BCUT2D eigenvalue weighted by molar-refractivity contribution is 5.71. The number of carbonyl (C=O) groups is 3. The molecule has 1 saturated heterocycles. The predicted molar refractivity (Wildman–Crippen MR) is 126 cm³/mol. The van der Waals surface area contributed by atoms with Crippen LogP contribution in [0.2, 0.25) is 0 Å². The topological polar surface area (TPSA) is 101 Å². The lowest BCUT2D eigenvalue weighted by molar-refractivity contribution is -0.282. The Labute approximate surface area is 203 Å². The second kappa shape index (κ2) is 17.3. The maximum atomic E-state index is 12.4. The molecule has 0 N–H and O–H groups in total. The van der Waals surface area contributed by atoms with E-state index in [4.69, 9.17) is 30.1 Å². The largest absolute Gasteiger partial charge is 0.456 e. The number of unbranched alkanes of at least 4 members (excludes halogenated alkanes) is 1. The molecule has 0 amide bonds. The fraction of sp³-hybridized carbons (Fsp3) is 0.800. The van der Waals surface area contributed by atoms with Gasteiger partial charge in [-0.15, -0.1) is 6.42 Å². The van der Waals surface area contributed by atoms with E-state index >= 15 is 0 Å². The van der Waals surface area contributed by atoms with E-state index in [2.05, 4.69) is 5.92 Å². The van der Waals surface area contributed by atoms with Crippen LogP contribution in [0.3, 0.4) is 0 Å². The van der Waals surface area contributed by atoms with Gasteiger partial charge >= 0.3 is 17.9 Å². The third-order valence-corrected chi connectivity index (χ3v) is 5.14. The number of carbonyl (C=O) groups excluding carboxylic acids is 3. The van der Waals surface area contributed by atoms with E-state index in [0.29, 0.717) is 32.4 Å². The molecule has 9 heteroatoms. The molecule has 0 bridgehead atoms. The molecule has 0 aromatic rings. The van der Waals surface area contributed by atoms with E-state index in [1.165, 1.54) is 0 Å². The van der Waals surface area contributed by atoms with Crippen molar-refractivity contribution in [1.82, 2.24) is 4.90 Å². The first kappa shape index (κ1) is 29.9. The second-order valence-corrected chi connectivity index (χ2v) is 8.41. The average molecular weight is 484 g/mol. The van der Waals surface area contributed by atoms with Crippen molar-refractivity contribution < 1.29 is 38.1 Å². The van der Waals surface area contributed by atoms with Crippen LogP contribution < -0.4 is 0 Å². The van der Waals surface area contributed by atoms with Crippen molar-refractivity contribution in [2.75, 3.05) is 33.4 Å². The van der Waals surface area contributed by atoms with E-state index in [1.807, 2.05) is 32.7 Å². The van der Waals surface area contributed by atoms with Crippen LogP contribution in [0.5, 0.6) is 0 Å². The summed E-state index contributed by atoms with van der Waals surface area (Å²) in [4.78, 5) is 38.9. The number of hydrogen-bond acceptors (Lipinski definition) is 9. The number of hydrogen-bond donors (Lipinski definition) is 0. The highest BCUT2D eigenvalue weighted by Gasteiger charge is 2.48. The van der Waals surface area contributed by atoms with Crippen molar-refractivity contribution in [2.45, 2.75) is 96.7 Å². The molecule has 1 rings (SSSR count). The highest BCUT2D eigenvalue weighted by Crippen LogP contribution is 2.26. The molecule has 0 radical (unpaired) electrons. The van der Waals surface area contributed by atoms with E-state index in [1.54, 1.807) is 0 Å². The van der Waals surface area contributed by atoms with Crippen molar-refractivity contribution in [3.8, 4) is 12.3 Å². The molecule has 1 aliphatic heterocycles. The Balaban J connectivity index is 2.92. The Hall–Kier alpha value is -2.15. The van der Waals surface area contributed by atoms with Gasteiger partial charge in [0, 0.05) is 25.9 Å². The molecule has 9 nitrogen and oxygen atoms in total. The minimum absolute atomic E-state index is 0.0308. The molecule has 1 heterocycles. The Morgan fingerprint density at radius 3 is 2.03 bits per heavy atom. The fourth-order valence-electron chi connectivity index (χ4n) is 3.44. The van der Waals surface area contributed by atoms with Gasteiger partial charge in [0.25, 0.3) is 0 Å². The second-order valence-electron chi connectivity index (χ2n) is 8.41. The molecule has 4 atom stereocenters. The number of terminal acetylenes is 1. The minimum atomic E-state index is -1.04. The van der Waals surface area contributed by atoms with Gasteiger partial charge in [-0.05, 0) is 45.7 Å². The van der Waals surface area contributed by atoms with Crippen LogP contribution in [0.25, 0.3) is 0 Å². The molecular weight excluding hydrogens is 442 g/mol. The summed E-state index contributed by atoms with van der Waals surface area (Å²) in [5, 5.41) is 0. The van der Waals surface area contributed by atoms with Crippen LogP contribution in [0.15, 0.2) is 0 Å². The maximum absolute atomic E-state index is 12.4. The van der Waals surface area contributed by atoms with Crippen molar-refractivity contribution in [3.63, 3.8) is 0 Å². The molecule has 0 saturated carbocycles. The molecule has 1 fully saturated rings. The molecule has 1 aliphatic rings. The van der Waals surface area contributed by atoms with Gasteiger partial charge in [-0.3, -0.25) is 19.3 Å². The van der Waals surface area contributed by atoms with Gasteiger partial charge in [0.05, 0.1) is 13.2 Å². The zero-order valence-electron chi connectivity index (χ0n) is 21.1. The summed E-state index contributed by atoms with van der Waals surface area (Å²) in [6.07, 6.45) is 5.44. The minimum Gasteiger partial charge on any atom is -0.456 e. The van der Waals surface area contributed by atoms with Crippen LogP contribution in [0.4, 0.5) is 0 Å². The lowest BCUT2D eigenvalue weighted by Gasteiger charge is -2.40. The van der Waals surface area contributed by atoms with Gasteiger partial charge in [-0.25, -0.2) is 0 Å². The first-order valence-electron chi connectivity index (χ1n) is 12.3. The Kier molecular flexibility index (Phi) is 15.2. The quantitative estimate of drug-likeness (QED) is 0.142. The Bertz CT molecular complexity index is 662. The standard InChI is InChI=1S/C25H41NO8/c1-6-12-20(27)32-19-18-31-25(30-17-11-10-16-26(5)15-9-4)24(34-22(29)14-8-3)23(19)33-21(28)13-7-2/h4,19,23-25H,6-8,10-18H2,1-3,5H3. The summed E-state index contributed by atoms with van der Waals surface area (Å²) in [6.45, 7) is 7.30. The summed E-state index contributed by atoms with van der Waals surface area (Å²) in [7, 11) is 1.95.